The van der Waals surface area contributed by atoms with Crippen LogP contribution in [0, 0.1) is 22.2 Å². The van der Waals surface area contributed by atoms with Crippen molar-refractivity contribution >= 4 is 12.0 Å². The van der Waals surface area contributed by atoms with Crippen LogP contribution in [0.5, 0.6) is 5.75 Å². The van der Waals surface area contributed by atoms with Crippen LogP contribution in [0.1, 0.15) is 55.1 Å². The molecule has 10 heteroatoms. The van der Waals surface area contributed by atoms with Gasteiger partial charge in [-0.2, -0.15) is 18.4 Å². The van der Waals surface area contributed by atoms with Gasteiger partial charge in [-0.05, 0) is 24.3 Å². The van der Waals surface area contributed by atoms with Crippen molar-refractivity contribution in [3.8, 4) is 11.8 Å². The van der Waals surface area contributed by atoms with Gasteiger partial charge in [-0.1, -0.05) is 34.3 Å². The Morgan fingerprint density at radius 1 is 1.25 bits per heavy atom. The van der Waals surface area contributed by atoms with Crippen LogP contribution in [-0.4, -0.2) is 33.2 Å². The van der Waals surface area contributed by atoms with E-state index in [1.165, 1.54) is 18.3 Å². The van der Waals surface area contributed by atoms with Crippen molar-refractivity contribution in [2.75, 3.05) is 0 Å². The summed E-state index contributed by atoms with van der Waals surface area (Å²) in [5.41, 5.74) is -2.72. The maximum atomic E-state index is 13.3. The van der Waals surface area contributed by atoms with E-state index in [2.05, 4.69) is 27.1 Å². The second-order valence-corrected chi connectivity index (χ2v) is 8.77. The van der Waals surface area contributed by atoms with Gasteiger partial charge in [0, 0.05) is 16.9 Å². The lowest BCUT2D eigenvalue weighted by molar-refractivity contribution is -0.164. The summed E-state index contributed by atoms with van der Waals surface area (Å²) in [6, 6.07) is 4.45. The molecule has 0 spiro atoms. The molecule has 1 aliphatic carbocycles. The molecule has 1 fully saturated rings. The third kappa shape index (κ3) is 4.02. The Balaban J connectivity index is 1.80. The molecule has 0 atom stereocenters. The molecule has 1 aromatic heterocycles. The van der Waals surface area contributed by atoms with E-state index in [0.29, 0.717) is 5.82 Å². The Kier molecular flexibility index (Phi) is 5.72. The van der Waals surface area contributed by atoms with Gasteiger partial charge in [0.25, 0.3) is 5.91 Å². The van der Waals surface area contributed by atoms with Gasteiger partial charge in [-0.3, -0.25) is 4.79 Å². The number of nitriles is 1. The summed E-state index contributed by atoms with van der Waals surface area (Å²) in [4.78, 5) is 16.6. The minimum Gasteiger partial charge on any atom is -0.489 e. The first kappa shape index (κ1) is 23.2. The molecule has 2 aromatic rings. The summed E-state index contributed by atoms with van der Waals surface area (Å²) in [7, 11) is 0. The van der Waals surface area contributed by atoms with E-state index < -0.39 is 40.1 Å². The summed E-state index contributed by atoms with van der Waals surface area (Å²) in [6.45, 7) is 10.9. The van der Waals surface area contributed by atoms with Crippen LogP contribution < -0.4 is 10.1 Å². The Bertz CT molecular complexity index is 1070. The van der Waals surface area contributed by atoms with Crippen LogP contribution in [0.15, 0.2) is 31.0 Å². The van der Waals surface area contributed by atoms with Crippen LogP contribution in [0.3, 0.4) is 0 Å². The highest BCUT2D eigenvalue weighted by atomic mass is 19.4. The van der Waals surface area contributed by atoms with E-state index in [9.17, 15) is 18.0 Å². The molecular formula is C22H22F3N5O2. The predicted molar refractivity (Wildman–Crippen MR) is 109 cm³/mol. The highest BCUT2D eigenvalue weighted by Crippen LogP contribution is 2.55. The maximum absolute atomic E-state index is 13.3. The molecule has 32 heavy (non-hydrogen) atoms. The fourth-order valence-corrected chi connectivity index (χ4v) is 4.55. The third-order valence-corrected chi connectivity index (χ3v) is 5.78. The number of hydrogen-bond acceptors (Lipinski definition) is 6. The first-order valence-electron chi connectivity index (χ1n) is 9.73. The number of benzene rings is 1. The second-order valence-electron chi connectivity index (χ2n) is 8.77. The van der Waals surface area contributed by atoms with Crippen LogP contribution in [-0.2, 0) is 6.18 Å². The van der Waals surface area contributed by atoms with E-state index in [0.717, 1.165) is 12.1 Å². The first-order valence-corrected chi connectivity index (χ1v) is 9.73. The molecule has 0 aliphatic heterocycles. The molecule has 3 rings (SSSR count). The molecule has 1 amide bonds. The summed E-state index contributed by atoms with van der Waals surface area (Å²) in [5.74, 6) is -0.176. The van der Waals surface area contributed by atoms with Gasteiger partial charge in [-0.15, -0.1) is 10.2 Å². The van der Waals surface area contributed by atoms with E-state index in [1.54, 1.807) is 6.07 Å². The molecule has 0 radical (unpaired) electrons. The van der Waals surface area contributed by atoms with Crippen molar-refractivity contribution in [2.45, 2.75) is 46.0 Å². The standard InChI is InChI=1S/C22H22F3N5O2/c1-6-16-27-11-15(29-30-16)17(31)28-18-20(2,3)19(21(18,4)5)32-13-8-7-12(10-26)14(9-13)22(23,24)25/h6-9,11,18-19H,1H2,2-5H3,(H,28,31). The van der Waals surface area contributed by atoms with Gasteiger partial charge in [0.2, 0.25) is 0 Å². The normalized spacial score (nSPS) is 21.1. The number of hydrogen-bond donors (Lipinski definition) is 1. The molecule has 0 unspecified atom stereocenters. The number of alkyl halides is 3. The van der Waals surface area contributed by atoms with Gasteiger partial charge in [-0.25, -0.2) is 4.98 Å². The largest absolute Gasteiger partial charge is 0.489 e. The third-order valence-electron chi connectivity index (χ3n) is 5.78. The van der Waals surface area contributed by atoms with Crippen molar-refractivity contribution < 1.29 is 22.7 Å². The van der Waals surface area contributed by atoms with Gasteiger partial charge < -0.3 is 10.1 Å². The van der Waals surface area contributed by atoms with E-state index >= 15 is 0 Å². The highest BCUT2D eigenvalue weighted by Gasteiger charge is 2.64. The zero-order valence-electron chi connectivity index (χ0n) is 18.0. The summed E-state index contributed by atoms with van der Waals surface area (Å²) in [6.07, 6.45) is -2.49. The highest BCUT2D eigenvalue weighted by molar-refractivity contribution is 5.92. The molecule has 1 heterocycles. The number of amides is 1. The SMILES string of the molecule is C=Cc1ncc(C(=O)NC2C(C)(C)C(Oc3ccc(C#N)c(C(F)(F)F)c3)C2(C)C)nn1. The second kappa shape index (κ2) is 7.89. The minimum atomic E-state index is -4.68. The number of aromatic nitrogens is 3. The van der Waals surface area contributed by atoms with Crippen LogP contribution >= 0.6 is 0 Å². The first-order chi connectivity index (χ1) is 14.8. The van der Waals surface area contributed by atoms with Gasteiger partial charge in [0.15, 0.2) is 11.5 Å². The molecule has 1 N–H and O–H groups in total. The topological polar surface area (TPSA) is 101 Å². The molecule has 0 saturated heterocycles. The predicted octanol–water partition coefficient (Wildman–Crippen LogP) is 4.02. The molecule has 1 saturated carbocycles. The lowest BCUT2D eigenvalue weighted by atomic mass is 9.49. The quantitative estimate of drug-likeness (QED) is 0.746. The zero-order chi connectivity index (χ0) is 23.9. The summed E-state index contributed by atoms with van der Waals surface area (Å²) < 4.78 is 45.8. The lowest BCUT2D eigenvalue weighted by Gasteiger charge is -2.63. The minimum absolute atomic E-state index is 0.00216. The van der Waals surface area contributed by atoms with Crippen LogP contribution in [0.2, 0.25) is 0 Å². The summed E-state index contributed by atoms with van der Waals surface area (Å²) >= 11 is 0. The van der Waals surface area contributed by atoms with E-state index in [1.807, 2.05) is 27.7 Å². The van der Waals surface area contributed by atoms with Crippen LogP contribution in [0.4, 0.5) is 13.2 Å². The van der Waals surface area contributed by atoms with Gasteiger partial charge in [0.05, 0.1) is 23.4 Å². The van der Waals surface area contributed by atoms with Crippen molar-refractivity contribution in [3.63, 3.8) is 0 Å². The number of halogens is 3. The smallest absolute Gasteiger partial charge is 0.417 e. The molecule has 7 nitrogen and oxygen atoms in total. The monoisotopic (exact) mass is 445 g/mol. The Morgan fingerprint density at radius 3 is 2.41 bits per heavy atom. The Labute approximate surface area is 183 Å². The number of nitrogens with one attached hydrogen (secondary N) is 1. The van der Waals surface area contributed by atoms with Gasteiger partial charge in [0.1, 0.15) is 11.9 Å². The summed E-state index contributed by atoms with van der Waals surface area (Å²) in [5, 5.41) is 19.5. The van der Waals surface area contributed by atoms with Crippen molar-refractivity contribution in [2.24, 2.45) is 10.8 Å². The number of rotatable bonds is 5. The fourth-order valence-electron chi connectivity index (χ4n) is 4.55. The number of nitrogens with zero attached hydrogens (tertiary/aromatic N) is 4. The maximum Gasteiger partial charge on any atom is 0.417 e. The molecule has 1 aromatic carbocycles. The average Bonchev–Trinajstić information content (AvgIpc) is 2.74. The molecule has 0 bridgehead atoms. The van der Waals surface area contributed by atoms with Gasteiger partial charge >= 0.3 is 6.18 Å². The molecule has 168 valence electrons. The lowest BCUT2D eigenvalue weighted by Crippen LogP contribution is -2.74. The molecular weight excluding hydrogens is 423 g/mol. The fraction of sp³-hybridized carbons (Fsp3) is 0.409. The van der Waals surface area contributed by atoms with Crippen molar-refractivity contribution in [1.29, 1.82) is 5.26 Å². The van der Waals surface area contributed by atoms with Crippen LogP contribution in [0.25, 0.3) is 6.08 Å². The van der Waals surface area contributed by atoms with Crippen molar-refractivity contribution in [3.05, 3.63) is 53.6 Å². The number of carbonyl (C=O) groups excluding carboxylic acids is 1. The molecule has 1 aliphatic rings. The zero-order valence-corrected chi connectivity index (χ0v) is 18.0. The van der Waals surface area contributed by atoms with E-state index in [-0.39, 0.29) is 17.5 Å². The Hall–Kier alpha value is -3.48. The number of ether oxygens (including phenoxy) is 1. The number of carbonyl (C=O) groups is 1. The average molecular weight is 445 g/mol. The van der Waals surface area contributed by atoms with Crippen molar-refractivity contribution in [1.82, 2.24) is 20.5 Å². The Morgan fingerprint density at radius 2 is 1.91 bits per heavy atom. The van der Waals surface area contributed by atoms with E-state index in [4.69, 9.17) is 10.00 Å².